The van der Waals surface area contributed by atoms with E-state index in [9.17, 15) is 4.79 Å². The molecule has 1 amide bonds. The van der Waals surface area contributed by atoms with Crippen molar-refractivity contribution >= 4 is 5.91 Å². The molecule has 0 saturated carbocycles. The van der Waals surface area contributed by atoms with E-state index in [4.69, 9.17) is 4.74 Å². The highest BCUT2D eigenvalue weighted by Gasteiger charge is 2.28. The zero-order chi connectivity index (χ0) is 20.9. The first-order chi connectivity index (χ1) is 14.7. The Morgan fingerprint density at radius 2 is 2.00 bits per heavy atom. The summed E-state index contributed by atoms with van der Waals surface area (Å²) in [6.07, 6.45) is 6.15. The van der Waals surface area contributed by atoms with E-state index in [1.807, 2.05) is 42.1 Å². The number of benzene rings is 1. The van der Waals surface area contributed by atoms with Gasteiger partial charge in [0.25, 0.3) is 5.91 Å². The lowest BCUT2D eigenvalue weighted by Crippen LogP contribution is -2.35. The number of carbonyl (C=O) groups is 1. The topological polar surface area (TPSA) is 81.1 Å². The fourth-order valence-corrected chi connectivity index (χ4v) is 4.02. The maximum atomic E-state index is 12.8. The molecule has 0 saturated heterocycles. The second-order valence-corrected chi connectivity index (χ2v) is 7.57. The lowest BCUT2D eigenvalue weighted by Gasteiger charge is -2.24. The Balaban J connectivity index is 1.43. The van der Waals surface area contributed by atoms with E-state index in [1.165, 1.54) is 0 Å². The van der Waals surface area contributed by atoms with Crippen molar-refractivity contribution in [1.29, 1.82) is 0 Å². The number of rotatable bonds is 7. The quantitative estimate of drug-likeness (QED) is 0.631. The van der Waals surface area contributed by atoms with Crippen LogP contribution in [0.25, 0.3) is 0 Å². The van der Waals surface area contributed by atoms with Crippen LogP contribution in [0.5, 0.6) is 5.75 Å². The number of carbonyl (C=O) groups excluding carboxylic acids is 1. The summed E-state index contributed by atoms with van der Waals surface area (Å²) in [5.41, 5.74) is 4.88. The molecule has 1 unspecified atom stereocenters. The molecule has 156 valence electrons. The van der Waals surface area contributed by atoms with E-state index >= 15 is 0 Å². The summed E-state index contributed by atoms with van der Waals surface area (Å²) in [7, 11) is 3.61. The molecule has 0 spiro atoms. The average molecular weight is 406 g/mol. The number of nitrogens with one attached hydrogen (secondary N) is 2. The first kappa shape index (κ1) is 20.1. The molecule has 2 aromatic heterocycles. The van der Waals surface area contributed by atoms with Gasteiger partial charge in [0.05, 0.1) is 7.11 Å². The van der Waals surface area contributed by atoms with Crippen LogP contribution < -0.4 is 15.4 Å². The summed E-state index contributed by atoms with van der Waals surface area (Å²) < 4.78 is 7.30. The lowest BCUT2D eigenvalue weighted by molar-refractivity contribution is 0.0944. The number of pyridine rings is 1. The van der Waals surface area contributed by atoms with Gasteiger partial charge in [-0.15, -0.1) is 0 Å². The molecule has 1 atom stereocenters. The number of ether oxygens (including phenoxy) is 1. The number of aromatic nitrogens is 3. The van der Waals surface area contributed by atoms with Gasteiger partial charge in [-0.1, -0.05) is 18.2 Å². The Kier molecular flexibility index (Phi) is 6.09. The van der Waals surface area contributed by atoms with Crippen LogP contribution in [-0.2, 0) is 33.0 Å². The average Bonchev–Trinajstić information content (AvgIpc) is 3.13. The van der Waals surface area contributed by atoms with Crippen LogP contribution in [0.15, 0.2) is 48.8 Å². The highest BCUT2D eigenvalue weighted by atomic mass is 16.5. The second-order valence-electron chi connectivity index (χ2n) is 7.57. The van der Waals surface area contributed by atoms with Gasteiger partial charge < -0.3 is 15.4 Å². The molecule has 1 aromatic carbocycles. The third-order valence-corrected chi connectivity index (χ3v) is 5.65. The van der Waals surface area contributed by atoms with Crippen molar-refractivity contribution in [1.82, 2.24) is 25.4 Å². The van der Waals surface area contributed by atoms with Gasteiger partial charge in [-0.25, -0.2) is 0 Å². The van der Waals surface area contributed by atoms with Crippen molar-refractivity contribution in [2.24, 2.45) is 7.05 Å². The summed E-state index contributed by atoms with van der Waals surface area (Å²) in [4.78, 5) is 16.8. The molecule has 1 aliphatic carbocycles. The zero-order valence-electron chi connectivity index (χ0n) is 17.4. The lowest BCUT2D eigenvalue weighted by atomic mass is 9.91. The molecule has 1 aliphatic rings. The highest BCUT2D eigenvalue weighted by Crippen LogP contribution is 2.25. The summed E-state index contributed by atoms with van der Waals surface area (Å²) in [6, 6.07) is 12.1. The molecule has 2 N–H and O–H groups in total. The molecule has 0 bridgehead atoms. The Hall–Kier alpha value is -3.19. The summed E-state index contributed by atoms with van der Waals surface area (Å²) in [5, 5.41) is 11.1. The molecule has 0 fully saturated rings. The second kappa shape index (κ2) is 9.09. The Bertz CT molecular complexity index is 1020. The molecule has 0 aliphatic heterocycles. The fourth-order valence-electron chi connectivity index (χ4n) is 4.02. The third-order valence-electron chi connectivity index (χ3n) is 5.65. The van der Waals surface area contributed by atoms with Gasteiger partial charge in [0, 0.05) is 55.4 Å². The number of aryl methyl sites for hydroxylation is 1. The van der Waals surface area contributed by atoms with Crippen LogP contribution in [0, 0.1) is 0 Å². The van der Waals surface area contributed by atoms with E-state index in [1.54, 1.807) is 19.5 Å². The van der Waals surface area contributed by atoms with Gasteiger partial charge >= 0.3 is 0 Å². The van der Waals surface area contributed by atoms with E-state index < -0.39 is 0 Å². The van der Waals surface area contributed by atoms with Gasteiger partial charge in [0.2, 0.25) is 0 Å². The van der Waals surface area contributed by atoms with E-state index in [-0.39, 0.29) is 5.91 Å². The van der Waals surface area contributed by atoms with Crippen molar-refractivity contribution in [2.45, 2.75) is 38.4 Å². The monoisotopic (exact) mass is 405 g/mol. The number of methoxy groups -OCH3 is 1. The Morgan fingerprint density at radius 3 is 2.80 bits per heavy atom. The number of hydrogen-bond donors (Lipinski definition) is 2. The van der Waals surface area contributed by atoms with Gasteiger partial charge in [-0.3, -0.25) is 14.5 Å². The predicted molar refractivity (Wildman–Crippen MR) is 114 cm³/mol. The Morgan fingerprint density at radius 1 is 1.20 bits per heavy atom. The molecule has 0 radical (unpaired) electrons. The first-order valence-corrected chi connectivity index (χ1v) is 10.2. The molecule has 3 aromatic rings. The predicted octanol–water partition coefficient (Wildman–Crippen LogP) is 2.40. The van der Waals surface area contributed by atoms with Gasteiger partial charge in [-0.2, -0.15) is 5.10 Å². The maximum absolute atomic E-state index is 12.8. The van der Waals surface area contributed by atoms with E-state index in [0.29, 0.717) is 18.3 Å². The van der Waals surface area contributed by atoms with Crippen molar-refractivity contribution in [2.75, 3.05) is 7.11 Å². The summed E-state index contributed by atoms with van der Waals surface area (Å²) >= 11 is 0. The van der Waals surface area contributed by atoms with Crippen LogP contribution in [0.1, 0.15) is 39.3 Å². The van der Waals surface area contributed by atoms with Crippen molar-refractivity contribution in [3.63, 3.8) is 0 Å². The molecule has 7 heteroatoms. The number of fused-ring (bicyclic) bond motifs is 1. The molecule has 30 heavy (non-hydrogen) atoms. The fraction of sp³-hybridized carbons (Fsp3) is 0.348. The van der Waals surface area contributed by atoms with Crippen molar-refractivity contribution in [3.05, 3.63) is 76.9 Å². The molecular formula is C23H27N5O2. The smallest absolute Gasteiger partial charge is 0.272 e. The number of para-hydroxylation sites is 1. The largest absolute Gasteiger partial charge is 0.496 e. The number of hydrogen-bond acceptors (Lipinski definition) is 5. The minimum Gasteiger partial charge on any atom is -0.496 e. The minimum absolute atomic E-state index is 0.131. The van der Waals surface area contributed by atoms with Gasteiger partial charge in [0.15, 0.2) is 5.69 Å². The van der Waals surface area contributed by atoms with Crippen LogP contribution in [0.4, 0.5) is 0 Å². The van der Waals surface area contributed by atoms with Gasteiger partial charge in [-0.05, 0) is 43.0 Å². The molecule has 4 rings (SSSR count). The normalized spacial score (nSPS) is 15.5. The van der Waals surface area contributed by atoms with Crippen LogP contribution in [0.2, 0.25) is 0 Å². The third kappa shape index (κ3) is 4.36. The standard InChI is InChI=1S/C23H27N5O2/c1-28-20-8-7-18(25-15-17-5-3-4-6-21(17)30-2)13-19(20)22(27-28)23(29)26-14-16-9-11-24-12-10-16/h3-6,9-12,18,25H,7-8,13-15H2,1-2H3,(H,26,29). The minimum atomic E-state index is -0.131. The summed E-state index contributed by atoms with van der Waals surface area (Å²) in [6.45, 7) is 1.19. The first-order valence-electron chi connectivity index (χ1n) is 10.2. The Labute approximate surface area is 176 Å². The highest BCUT2D eigenvalue weighted by molar-refractivity contribution is 5.94. The molecule has 2 heterocycles. The number of nitrogens with zero attached hydrogens (tertiary/aromatic N) is 3. The van der Waals surface area contributed by atoms with E-state index in [0.717, 1.165) is 53.9 Å². The number of amides is 1. The van der Waals surface area contributed by atoms with Crippen LogP contribution in [-0.4, -0.2) is 33.8 Å². The summed E-state index contributed by atoms with van der Waals surface area (Å²) in [5.74, 6) is 0.757. The van der Waals surface area contributed by atoms with Crippen molar-refractivity contribution < 1.29 is 9.53 Å². The van der Waals surface area contributed by atoms with Crippen LogP contribution >= 0.6 is 0 Å². The van der Waals surface area contributed by atoms with E-state index in [2.05, 4.69) is 26.8 Å². The van der Waals surface area contributed by atoms with Crippen LogP contribution in [0.3, 0.4) is 0 Å². The molecular weight excluding hydrogens is 378 g/mol. The zero-order valence-corrected chi connectivity index (χ0v) is 17.4. The maximum Gasteiger partial charge on any atom is 0.272 e. The van der Waals surface area contributed by atoms with Gasteiger partial charge in [0.1, 0.15) is 5.75 Å². The molecule has 7 nitrogen and oxygen atoms in total. The van der Waals surface area contributed by atoms with Crippen molar-refractivity contribution in [3.8, 4) is 5.75 Å². The SMILES string of the molecule is COc1ccccc1CNC1CCc2c(c(C(=O)NCc3ccncc3)nn2C)C1.